The maximum atomic E-state index is 11.9. The first-order valence-electron chi connectivity index (χ1n) is 8.34. The van der Waals surface area contributed by atoms with Crippen LogP contribution in [0.3, 0.4) is 0 Å². The molecule has 0 aliphatic heterocycles. The van der Waals surface area contributed by atoms with Crippen molar-refractivity contribution in [2.75, 3.05) is 17.2 Å². The summed E-state index contributed by atoms with van der Waals surface area (Å²) in [5.74, 6) is 0.241. The van der Waals surface area contributed by atoms with E-state index in [0.717, 1.165) is 28.7 Å². The first-order chi connectivity index (χ1) is 12.1. The number of hydrogen-bond acceptors (Lipinski definition) is 2. The number of nitrogens with zero attached hydrogens (tertiary/aromatic N) is 1. The normalized spacial score (nSPS) is 13.4. The van der Waals surface area contributed by atoms with Crippen LogP contribution in [0.2, 0.25) is 0 Å². The summed E-state index contributed by atoms with van der Waals surface area (Å²) in [6, 6.07) is 13.7. The molecule has 6 heteroatoms. The molecule has 0 spiro atoms. The number of fused-ring (bicyclic) bond motifs is 1. The molecule has 0 atom stereocenters. The zero-order chi connectivity index (χ0) is 17.6. The van der Waals surface area contributed by atoms with E-state index >= 15 is 0 Å². The van der Waals surface area contributed by atoms with Crippen molar-refractivity contribution in [1.82, 2.24) is 0 Å². The largest absolute Gasteiger partial charge is 0.370 e. The first kappa shape index (κ1) is 17.5. The van der Waals surface area contributed by atoms with Gasteiger partial charge in [0.05, 0.1) is 6.54 Å². The molecule has 0 saturated carbocycles. The monoisotopic (exact) mass is 400 g/mol. The lowest BCUT2D eigenvalue weighted by molar-refractivity contribution is -0.116. The SMILES string of the molecule is NC(=NCCC(=O)Nc1ccc(Br)cc1)Nc1ccc2c(c1)CCC2. The Balaban J connectivity index is 1.46. The van der Waals surface area contributed by atoms with Gasteiger partial charge in [0.1, 0.15) is 0 Å². The van der Waals surface area contributed by atoms with Crippen molar-refractivity contribution in [3.05, 3.63) is 58.1 Å². The third-order valence-corrected chi connectivity index (χ3v) is 4.65. The van der Waals surface area contributed by atoms with Gasteiger partial charge in [-0.2, -0.15) is 0 Å². The fourth-order valence-electron chi connectivity index (χ4n) is 2.87. The number of nitrogens with one attached hydrogen (secondary N) is 2. The van der Waals surface area contributed by atoms with E-state index in [4.69, 9.17) is 5.73 Å². The molecule has 0 unspecified atom stereocenters. The van der Waals surface area contributed by atoms with Gasteiger partial charge in [-0.05, 0) is 66.8 Å². The second kappa shape index (κ2) is 8.16. The van der Waals surface area contributed by atoms with Crippen molar-refractivity contribution in [2.45, 2.75) is 25.7 Å². The number of aliphatic imine (C=N–C) groups is 1. The van der Waals surface area contributed by atoms with E-state index in [9.17, 15) is 4.79 Å². The number of anilines is 2. The summed E-state index contributed by atoms with van der Waals surface area (Å²) in [5, 5.41) is 5.92. The number of carbonyl (C=O) groups excluding carboxylic acids is 1. The lowest BCUT2D eigenvalue weighted by atomic mass is 10.1. The van der Waals surface area contributed by atoms with E-state index in [1.54, 1.807) is 0 Å². The summed E-state index contributed by atoms with van der Waals surface area (Å²) >= 11 is 3.36. The summed E-state index contributed by atoms with van der Waals surface area (Å²) < 4.78 is 0.973. The van der Waals surface area contributed by atoms with Gasteiger partial charge < -0.3 is 16.4 Å². The third kappa shape index (κ3) is 5.06. The zero-order valence-corrected chi connectivity index (χ0v) is 15.5. The predicted octanol–water partition coefficient (Wildman–Crippen LogP) is 3.69. The number of rotatable bonds is 5. The van der Waals surface area contributed by atoms with Crippen LogP contribution >= 0.6 is 15.9 Å². The molecule has 0 fully saturated rings. The second-order valence-electron chi connectivity index (χ2n) is 6.03. The number of carbonyl (C=O) groups is 1. The highest BCUT2D eigenvalue weighted by atomic mass is 79.9. The van der Waals surface area contributed by atoms with Gasteiger partial charge in [0, 0.05) is 22.3 Å². The lowest BCUT2D eigenvalue weighted by Gasteiger charge is -2.08. The number of amides is 1. The van der Waals surface area contributed by atoms with E-state index in [1.807, 2.05) is 30.3 Å². The molecule has 1 aliphatic carbocycles. The van der Waals surface area contributed by atoms with Crippen LogP contribution in [0.25, 0.3) is 0 Å². The van der Waals surface area contributed by atoms with Gasteiger partial charge in [-0.25, -0.2) is 0 Å². The Kier molecular flexibility index (Phi) is 5.71. The topological polar surface area (TPSA) is 79.5 Å². The van der Waals surface area contributed by atoms with Crippen molar-refractivity contribution in [3.63, 3.8) is 0 Å². The standard InChI is InChI=1S/C19H21BrN4O/c20-15-5-8-16(9-6-15)23-18(25)10-11-22-19(21)24-17-7-4-13-2-1-3-14(13)12-17/h4-9,12H,1-3,10-11H2,(H,23,25)(H3,21,22,24). The van der Waals surface area contributed by atoms with Crippen molar-refractivity contribution in [2.24, 2.45) is 10.7 Å². The summed E-state index contributed by atoms with van der Waals surface area (Å²) in [6.45, 7) is 0.339. The highest BCUT2D eigenvalue weighted by Crippen LogP contribution is 2.24. The highest BCUT2D eigenvalue weighted by Gasteiger charge is 2.10. The number of hydrogen-bond donors (Lipinski definition) is 3. The second-order valence-corrected chi connectivity index (χ2v) is 6.95. The van der Waals surface area contributed by atoms with Crippen molar-refractivity contribution in [3.8, 4) is 0 Å². The molecular formula is C19H21BrN4O. The van der Waals surface area contributed by atoms with Crippen LogP contribution in [0.15, 0.2) is 51.9 Å². The Labute approximate surface area is 155 Å². The van der Waals surface area contributed by atoms with Gasteiger partial charge in [-0.1, -0.05) is 22.0 Å². The zero-order valence-electron chi connectivity index (χ0n) is 13.9. The van der Waals surface area contributed by atoms with Crippen LogP contribution < -0.4 is 16.4 Å². The van der Waals surface area contributed by atoms with Crippen molar-refractivity contribution >= 4 is 39.2 Å². The van der Waals surface area contributed by atoms with Gasteiger partial charge in [-0.3, -0.25) is 9.79 Å². The molecule has 0 aromatic heterocycles. The van der Waals surface area contributed by atoms with Crippen LogP contribution in [-0.4, -0.2) is 18.4 Å². The highest BCUT2D eigenvalue weighted by molar-refractivity contribution is 9.10. The van der Waals surface area contributed by atoms with Gasteiger partial charge >= 0.3 is 0 Å². The summed E-state index contributed by atoms with van der Waals surface area (Å²) in [5.41, 5.74) is 10.4. The Morgan fingerprint density at radius 1 is 1.04 bits per heavy atom. The molecule has 25 heavy (non-hydrogen) atoms. The van der Waals surface area contributed by atoms with Gasteiger partial charge in [0.15, 0.2) is 5.96 Å². The molecule has 0 bridgehead atoms. The van der Waals surface area contributed by atoms with Crippen molar-refractivity contribution in [1.29, 1.82) is 0 Å². The molecule has 5 nitrogen and oxygen atoms in total. The van der Waals surface area contributed by atoms with E-state index < -0.39 is 0 Å². The summed E-state index contributed by atoms with van der Waals surface area (Å²) in [6.07, 6.45) is 3.78. The van der Waals surface area contributed by atoms with Gasteiger partial charge in [0.2, 0.25) is 5.91 Å². The van der Waals surface area contributed by atoms with Crippen LogP contribution in [0.1, 0.15) is 24.0 Å². The molecule has 4 N–H and O–H groups in total. The van der Waals surface area contributed by atoms with Crippen LogP contribution in [0.5, 0.6) is 0 Å². The molecule has 1 amide bonds. The maximum Gasteiger partial charge on any atom is 0.226 e. The molecule has 2 aromatic rings. The number of benzene rings is 2. The fourth-order valence-corrected chi connectivity index (χ4v) is 3.14. The molecular weight excluding hydrogens is 380 g/mol. The lowest BCUT2D eigenvalue weighted by Crippen LogP contribution is -2.23. The average Bonchev–Trinajstić information content (AvgIpc) is 3.04. The van der Waals surface area contributed by atoms with Gasteiger partial charge in [-0.15, -0.1) is 0 Å². The Bertz CT molecular complexity index is 787. The Morgan fingerprint density at radius 3 is 2.56 bits per heavy atom. The number of aryl methyl sites for hydroxylation is 2. The fraction of sp³-hybridized carbons (Fsp3) is 0.263. The number of halogens is 1. The van der Waals surface area contributed by atoms with Crippen LogP contribution in [-0.2, 0) is 17.6 Å². The van der Waals surface area contributed by atoms with E-state index in [-0.39, 0.29) is 12.3 Å². The molecule has 3 rings (SSSR count). The molecule has 0 saturated heterocycles. The van der Waals surface area contributed by atoms with Crippen LogP contribution in [0, 0.1) is 0 Å². The van der Waals surface area contributed by atoms with E-state index in [2.05, 4.69) is 43.7 Å². The number of nitrogens with two attached hydrogens (primary N) is 1. The maximum absolute atomic E-state index is 11.9. The molecule has 0 radical (unpaired) electrons. The molecule has 2 aromatic carbocycles. The molecule has 130 valence electrons. The molecule has 0 heterocycles. The first-order valence-corrected chi connectivity index (χ1v) is 9.13. The minimum atomic E-state index is -0.0867. The minimum Gasteiger partial charge on any atom is -0.370 e. The smallest absolute Gasteiger partial charge is 0.226 e. The van der Waals surface area contributed by atoms with E-state index in [0.29, 0.717) is 12.5 Å². The molecule has 1 aliphatic rings. The minimum absolute atomic E-state index is 0.0867. The van der Waals surface area contributed by atoms with E-state index in [1.165, 1.54) is 17.5 Å². The van der Waals surface area contributed by atoms with Gasteiger partial charge in [0.25, 0.3) is 0 Å². The predicted molar refractivity (Wildman–Crippen MR) is 106 cm³/mol. The Morgan fingerprint density at radius 2 is 1.76 bits per heavy atom. The summed E-state index contributed by atoms with van der Waals surface area (Å²) in [4.78, 5) is 16.1. The average molecular weight is 401 g/mol. The summed E-state index contributed by atoms with van der Waals surface area (Å²) in [7, 11) is 0. The van der Waals surface area contributed by atoms with Crippen molar-refractivity contribution < 1.29 is 4.79 Å². The Hall–Kier alpha value is -2.34. The van der Waals surface area contributed by atoms with Crippen LogP contribution in [0.4, 0.5) is 11.4 Å². The number of guanidine groups is 1. The quantitative estimate of drug-likeness (QED) is 0.528. The third-order valence-electron chi connectivity index (χ3n) is 4.12.